The van der Waals surface area contributed by atoms with Gasteiger partial charge in [-0.1, -0.05) is 12.1 Å². The SMILES string of the molecule is CCN(CCn1cccn1)C(=O)c1ccc([C@H]2CCCNC2)cc1. The highest BCUT2D eigenvalue weighted by molar-refractivity contribution is 5.94. The van der Waals surface area contributed by atoms with E-state index in [1.54, 1.807) is 6.20 Å². The topological polar surface area (TPSA) is 50.2 Å². The van der Waals surface area contributed by atoms with Crippen LogP contribution in [0.15, 0.2) is 42.7 Å². The summed E-state index contributed by atoms with van der Waals surface area (Å²) in [6, 6.07) is 10.1. The summed E-state index contributed by atoms with van der Waals surface area (Å²) in [6.07, 6.45) is 6.13. The number of rotatable bonds is 6. The molecule has 0 aliphatic carbocycles. The number of piperidine rings is 1. The average Bonchev–Trinajstić information content (AvgIpc) is 3.16. The molecule has 1 amide bonds. The number of amides is 1. The molecule has 1 aromatic heterocycles. The van der Waals surface area contributed by atoms with Crippen LogP contribution in [-0.2, 0) is 6.54 Å². The van der Waals surface area contributed by atoms with E-state index in [0.717, 1.165) is 25.2 Å². The van der Waals surface area contributed by atoms with Gasteiger partial charge in [-0.2, -0.15) is 5.10 Å². The van der Waals surface area contributed by atoms with Crippen LogP contribution < -0.4 is 5.32 Å². The molecule has 0 unspecified atom stereocenters. The number of hydrogen-bond acceptors (Lipinski definition) is 3. The number of carbonyl (C=O) groups excluding carboxylic acids is 1. The van der Waals surface area contributed by atoms with Crippen molar-refractivity contribution >= 4 is 5.91 Å². The van der Waals surface area contributed by atoms with Crippen LogP contribution >= 0.6 is 0 Å². The fourth-order valence-corrected chi connectivity index (χ4v) is 3.28. The molecule has 1 N–H and O–H groups in total. The van der Waals surface area contributed by atoms with Gasteiger partial charge in [0.1, 0.15) is 0 Å². The summed E-state index contributed by atoms with van der Waals surface area (Å²) in [7, 11) is 0. The second kappa shape index (κ2) is 8.11. The first kappa shape index (κ1) is 16.7. The van der Waals surface area contributed by atoms with E-state index in [0.29, 0.717) is 19.0 Å². The second-order valence-electron chi connectivity index (χ2n) is 6.32. The normalized spacial score (nSPS) is 17.6. The fourth-order valence-electron chi connectivity index (χ4n) is 3.28. The van der Waals surface area contributed by atoms with Crippen molar-refractivity contribution in [2.75, 3.05) is 26.2 Å². The largest absolute Gasteiger partial charge is 0.337 e. The Labute approximate surface area is 143 Å². The number of nitrogens with zero attached hydrogens (tertiary/aromatic N) is 3. The third-order valence-electron chi connectivity index (χ3n) is 4.75. The van der Waals surface area contributed by atoms with Crippen molar-refractivity contribution in [1.29, 1.82) is 0 Å². The van der Waals surface area contributed by atoms with Crippen molar-refractivity contribution in [3.63, 3.8) is 0 Å². The van der Waals surface area contributed by atoms with Crippen molar-refractivity contribution in [3.8, 4) is 0 Å². The Morgan fingerprint density at radius 2 is 2.21 bits per heavy atom. The van der Waals surface area contributed by atoms with Crippen LogP contribution in [0.3, 0.4) is 0 Å². The van der Waals surface area contributed by atoms with Crippen molar-refractivity contribution < 1.29 is 4.79 Å². The molecular formula is C19H26N4O. The maximum Gasteiger partial charge on any atom is 0.253 e. The molecule has 2 heterocycles. The minimum Gasteiger partial charge on any atom is -0.337 e. The zero-order chi connectivity index (χ0) is 16.8. The van der Waals surface area contributed by atoms with Crippen LogP contribution in [0, 0.1) is 0 Å². The molecule has 1 aliphatic heterocycles. The highest BCUT2D eigenvalue weighted by atomic mass is 16.2. The summed E-state index contributed by atoms with van der Waals surface area (Å²) in [5.41, 5.74) is 2.10. The summed E-state index contributed by atoms with van der Waals surface area (Å²) in [6.45, 7) is 6.27. The van der Waals surface area contributed by atoms with E-state index < -0.39 is 0 Å². The van der Waals surface area contributed by atoms with Gasteiger partial charge in [0.15, 0.2) is 0 Å². The Morgan fingerprint density at radius 1 is 1.38 bits per heavy atom. The molecule has 1 aromatic carbocycles. The Kier molecular flexibility index (Phi) is 5.64. The van der Waals surface area contributed by atoms with E-state index in [2.05, 4.69) is 22.5 Å². The molecule has 24 heavy (non-hydrogen) atoms. The molecule has 2 aromatic rings. The first-order chi connectivity index (χ1) is 11.8. The monoisotopic (exact) mass is 326 g/mol. The highest BCUT2D eigenvalue weighted by Gasteiger charge is 2.17. The molecule has 0 radical (unpaired) electrons. The minimum atomic E-state index is 0.0953. The lowest BCUT2D eigenvalue weighted by atomic mass is 9.91. The van der Waals surface area contributed by atoms with Gasteiger partial charge in [0.2, 0.25) is 0 Å². The van der Waals surface area contributed by atoms with E-state index in [-0.39, 0.29) is 5.91 Å². The maximum absolute atomic E-state index is 12.7. The number of aromatic nitrogens is 2. The Bertz CT molecular complexity index is 630. The van der Waals surface area contributed by atoms with Crippen LogP contribution in [0.2, 0.25) is 0 Å². The van der Waals surface area contributed by atoms with Gasteiger partial charge in [-0.15, -0.1) is 0 Å². The molecular weight excluding hydrogens is 300 g/mol. The zero-order valence-electron chi connectivity index (χ0n) is 14.3. The standard InChI is InChI=1S/C19H26N4O/c1-2-22(13-14-23-12-4-11-21-23)19(24)17-8-6-16(7-9-17)18-5-3-10-20-15-18/h4,6-9,11-12,18,20H,2-3,5,10,13-15H2,1H3/t18-/m0/s1. The second-order valence-corrected chi connectivity index (χ2v) is 6.32. The number of nitrogens with one attached hydrogen (secondary N) is 1. The van der Waals surface area contributed by atoms with Crippen molar-refractivity contribution in [2.45, 2.75) is 32.2 Å². The summed E-state index contributed by atoms with van der Waals surface area (Å²) >= 11 is 0. The summed E-state index contributed by atoms with van der Waals surface area (Å²) in [5.74, 6) is 0.669. The van der Waals surface area contributed by atoms with Gasteiger partial charge in [0, 0.05) is 37.6 Å². The highest BCUT2D eigenvalue weighted by Crippen LogP contribution is 2.23. The smallest absolute Gasteiger partial charge is 0.253 e. The van der Waals surface area contributed by atoms with Gasteiger partial charge in [-0.05, 0) is 56.0 Å². The lowest BCUT2D eigenvalue weighted by Gasteiger charge is -2.24. The minimum absolute atomic E-state index is 0.0953. The molecule has 0 bridgehead atoms. The molecule has 5 nitrogen and oxygen atoms in total. The van der Waals surface area contributed by atoms with Gasteiger partial charge in [0.05, 0.1) is 6.54 Å². The maximum atomic E-state index is 12.7. The van der Waals surface area contributed by atoms with Crippen molar-refractivity contribution in [2.24, 2.45) is 0 Å². The molecule has 5 heteroatoms. The van der Waals surface area contributed by atoms with E-state index in [4.69, 9.17) is 0 Å². The zero-order valence-corrected chi connectivity index (χ0v) is 14.3. The first-order valence-electron chi connectivity index (χ1n) is 8.85. The molecule has 1 fully saturated rings. The van der Waals surface area contributed by atoms with Gasteiger partial charge in [-0.25, -0.2) is 0 Å². The van der Waals surface area contributed by atoms with Crippen LogP contribution in [0.4, 0.5) is 0 Å². The van der Waals surface area contributed by atoms with Gasteiger partial charge < -0.3 is 10.2 Å². The Balaban J connectivity index is 1.62. The van der Waals surface area contributed by atoms with Crippen LogP contribution in [0.25, 0.3) is 0 Å². The number of carbonyl (C=O) groups is 1. The Morgan fingerprint density at radius 3 is 2.83 bits per heavy atom. The van der Waals surface area contributed by atoms with Crippen LogP contribution in [-0.4, -0.2) is 46.8 Å². The van der Waals surface area contributed by atoms with E-state index in [1.807, 2.05) is 40.9 Å². The Hall–Kier alpha value is -2.14. The lowest BCUT2D eigenvalue weighted by molar-refractivity contribution is 0.0757. The number of hydrogen-bond donors (Lipinski definition) is 1. The third-order valence-corrected chi connectivity index (χ3v) is 4.75. The fraction of sp³-hybridized carbons (Fsp3) is 0.474. The summed E-state index contributed by atoms with van der Waals surface area (Å²) in [4.78, 5) is 14.6. The number of likely N-dealkylation sites (N-methyl/N-ethyl adjacent to an activating group) is 1. The van der Waals surface area contributed by atoms with Crippen molar-refractivity contribution in [1.82, 2.24) is 20.0 Å². The predicted octanol–water partition coefficient (Wildman–Crippen LogP) is 2.51. The summed E-state index contributed by atoms with van der Waals surface area (Å²) in [5, 5.41) is 7.64. The van der Waals surface area contributed by atoms with Gasteiger partial charge in [-0.3, -0.25) is 9.48 Å². The molecule has 1 saturated heterocycles. The predicted molar refractivity (Wildman–Crippen MR) is 95.1 cm³/mol. The molecule has 0 saturated carbocycles. The van der Waals surface area contributed by atoms with E-state index >= 15 is 0 Å². The third kappa shape index (κ3) is 4.03. The van der Waals surface area contributed by atoms with Gasteiger partial charge in [0.25, 0.3) is 5.91 Å². The quantitative estimate of drug-likeness (QED) is 0.887. The van der Waals surface area contributed by atoms with Crippen LogP contribution in [0.5, 0.6) is 0 Å². The molecule has 0 spiro atoms. The van der Waals surface area contributed by atoms with Crippen LogP contribution in [0.1, 0.15) is 41.6 Å². The van der Waals surface area contributed by atoms with Crippen molar-refractivity contribution in [3.05, 3.63) is 53.9 Å². The van der Waals surface area contributed by atoms with Gasteiger partial charge >= 0.3 is 0 Å². The molecule has 1 aliphatic rings. The average molecular weight is 326 g/mol. The summed E-state index contributed by atoms with van der Waals surface area (Å²) < 4.78 is 1.86. The molecule has 3 rings (SSSR count). The molecule has 1 atom stereocenters. The first-order valence-corrected chi connectivity index (χ1v) is 8.85. The number of benzene rings is 1. The van der Waals surface area contributed by atoms with E-state index in [9.17, 15) is 4.79 Å². The van der Waals surface area contributed by atoms with E-state index in [1.165, 1.54) is 18.4 Å². The lowest BCUT2D eigenvalue weighted by Crippen LogP contribution is -2.34. The molecule has 128 valence electrons.